The summed E-state index contributed by atoms with van der Waals surface area (Å²) in [6.45, 7) is 3.77. The normalized spacial score (nSPS) is 14.9. The van der Waals surface area contributed by atoms with Crippen molar-refractivity contribution in [3.8, 4) is 0 Å². The predicted octanol–water partition coefficient (Wildman–Crippen LogP) is 2.02. The minimum Gasteiger partial charge on any atom is -0.378 e. The Hall–Kier alpha value is -1.92. The minimum atomic E-state index is 0.649. The summed E-state index contributed by atoms with van der Waals surface area (Å²) in [7, 11) is 0. The lowest BCUT2D eigenvalue weighted by atomic mass is 10.1. The lowest BCUT2D eigenvalue weighted by Crippen LogP contribution is -2.37. The highest BCUT2D eigenvalue weighted by atomic mass is 35.5. The number of ether oxygens (including phenoxy) is 1. The van der Waals surface area contributed by atoms with Crippen molar-refractivity contribution in [1.29, 1.82) is 0 Å². The van der Waals surface area contributed by atoms with Gasteiger partial charge in [0.2, 0.25) is 5.95 Å². The Bertz CT molecular complexity index is 618. The maximum absolute atomic E-state index is 5.98. The second-order valence-corrected chi connectivity index (χ2v) is 5.48. The average molecular weight is 320 g/mol. The Morgan fingerprint density at radius 3 is 2.95 bits per heavy atom. The molecule has 3 rings (SSSR count). The monoisotopic (exact) mass is 319 g/mol. The van der Waals surface area contributed by atoms with Crippen LogP contribution in [0.4, 0.5) is 11.8 Å². The largest absolute Gasteiger partial charge is 0.378 e. The van der Waals surface area contributed by atoms with Crippen LogP contribution in [0.3, 0.4) is 0 Å². The van der Waals surface area contributed by atoms with E-state index in [1.807, 2.05) is 18.2 Å². The third-order valence-electron chi connectivity index (χ3n) is 3.45. The van der Waals surface area contributed by atoms with Gasteiger partial charge in [-0.2, -0.15) is 10.1 Å². The summed E-state index contributed by atoms with van der Waals surface area (Å²) in [6.07, 6.45) is 2.51. The molecule has 0 amide bonds. The molecule has 7 heteroatoms. The molecule has 2 aromatic rings. The molecule has 1 aromatic carbocycles. The van der Waals surface area contributed by atoms with E-state index in [0.717, 1.165) is 36.9 Å². The van der Waals surface area contributed by atoms with E-state index >= 15 is 0 Å². The first-order chi connectivity index (χ1) is 10.8. The fourth-order valence-corrected chi connectivity index (χ4v) is 2.52. The Morgan fingerprint density at radius 2 is 2.14 bits per heavy atom. The van der Waals surface area contributed by atoms with Gasteiger partial charge in [0, 0.05) is 24.7 Å². The zero-order valence-corrected chi connectivity index (χ0v) is 13.0. The number of rotatable bonds is 5. The van der Waals surface area contributed by atoms with Crippen LogP contribution >= 0.6 is 11.6 Å². The van der Waals surface area contributed by atoms with Crippen LogP contribution in [-0.4, -0.2) is 48.0 Å². The van der Waals surface area contributed by atoms with Crippen molar-refractivity contribution in [2.75, 3.05) is 43.1 Å². The second-order valence-electron chi connectivity index (χ2n) is 5.05. The number of morpholine rings is 1. The molecule has 0 radical (unpaired) electrons. The first-order valence-electron chi connectivity index (χ1n) is 7.32. The zero-order chi connectivity index (χ0) is 15.2. The Labute approximate surface area is 134 Å². The molecule has 22 heavy (non-hydrogen) atoms. The number of hydrogen-bond acceptors (Lipinski definition) is 6. The van der Waals surface area contributed by atoms with E-state index in [1.54, 1.807) is 6.20 Å². The van der Waals surface area contributed by atoms with Crippen LogP contribution in [0.1, 0.15) is 5.56 Å². The Balaban J connectivity index is 1.56. The number of nitrogens with zero attached hydrogens (tertiary/aromatic N) is 4. The van der Waals surface area contributed by atoms with E-state index in [-0.39, 0.29) is 0 Å². The van der Waals surface area contributed by atoms with Crippen molar-refractivity contribution in [2.24, 2.45) is 0 Å². The summed E-state index contributed by atoms with van der Waals surface area (Å²) in [6, 6.07) is 7.87. The maximum atomic E-state index is 5.98. The molecule has 1 fully saturated rings. The summed E-state index contributed by atoms with van der Waals surface area (Å²) in [5.74, 6) is 1.38. The molecule has 2 heterocycles. The minimum absolute atomic E-state index is 0.649. The topological polar surface area (TPSA) is 63.2 Å². The smallest absolute Gasteiger partial charge is 0.247 e. The van der Waals surface area contributed by atoms with Gasteiger partial charge >= 0.3 is 0 Å². The number of benzene rings is 1. The van der Waals surface area contributed by atoms with Gasteiger partial charge in [0.05, 0.1) is 19.4 Å². The summed E-state index contributed by atoms with van der Waals surface area (Å²) in [4.78, 5) is 6.59. The predicted molar refractivity (Wildman–Crippen MR) is 86.5 cm³/mol. The zero-order valence-electron chi connectivity index (χ0n) is 12.2. The Kier molecular flexibility index (Phi) is 5.03. The molecule has 116 valence electrons. The highest BCUT2D eigenvalue weighted by Crippen LogP contribution is 2.13. The van der Waals surface area contributed by atoms with Crippen molar-refractivity contribution in [3.05, 3.63) is 41.0 Å². The van der Waals surface area contributed by atoms with E-state index in [4.69, 9.17) is 16.3 Å². The molecule has 0 unspecified atom stereocenters. The lowest BCUT2D eigenvalue weighted by molar-refractivity contribution is 0.122. The fraction of sp³-hybridized carbons (Fsp3) is 0.400. The first-order valence-corrected chi connectivity index (χ1v) is 7.70. The number of nitrogens with one attached hydrogen (secondary N) is 1. The van der Waals surface area contributed by atoms with Crippen molar-refractivity contribution in [3.63, 3.8) is 0 Å². The van der Waals surface area contributed by atoms with Crippen LogP contribution in [0.25, 0.3) is 0 Å². The molecule has 1 aliphatic heterocycles. The average Bonchev–Trinajstić information content (AvgIpc) is 2.56. The standard InChI is InChI=1S/C15H18ClN5O/c16-13-3-1-2-12(10-13)4-5-17-14-11-18-20-15(19-14)21-6-8-22-9-7-21/h1-3,10-11H,4-9H2,(H,17,19,20). The van der Waals surface area contributed by atoms with Gasteiger partial charge in [-0.1, -0.05) is 23.7 Å². The van der Waals surface area contributed by atoms with Crippen molar-refractivity contribution < 1.29 is 4.74 Å². The van der Waals surface area contributed by atoms with Gasteiger partial charge in [-0.25, -0.2) is 0 Å². The van der Waals surface area contributed by atoms with Crippen LogP contribution in [0, 0.1) is 0 Å². The van der Waals surface area contributed by atoms with Crippen LogP contribution < -0.4 is 10.2 Å². The van der Waals surface area contributed by atoms with Crippen LogP contribution in [-0.2, 0) is 11.2 Å². The quantitative estimate of drug-likeness (QED) is 0.909. The summed E-state index contributed by atoms with van der Waals surface area (Å²) >= 11 is 5.98. The molecule has 0 spiro atoms. The van der Waals surface area contributed by atoms with Gasteiger partial charge < -0.3 is 15.0 Å². The van der Waals surface area contributed by atoms with Gasteiger partial charge in [0.1, 0.15) is 0 Å². The molecular weight excluding hydrogens is 302 g/mol. The van der Waals surface area contributed by atoms with Crippen LogP contribution in [0.15, 0.2) is 30.5 Å². The third-order valence-corrected chi connectivity index (χ3v) is 3.69. The van der Waals surface area contributed by atoms with E-state index < -0.39 is 0 Å². The summed E-state index contributed by atoms with van der Waals surface area (Å²) in [5, 5.41) is 12.2. The van der Waals surface area contributed by atoms with Crippen molar-refractivity contribution in [2.45, 2.75) is 6.42 Å². The van der Waals surface area contributed by atoms with Crippen molar-refractivity contribution in [1.82, 2.24) is 15.2 Å². The summed E-state index contributed by atoms with van der Waals surface area (Å²) < 4.78 is 5.33. The van der Waals surface area contributed by atoms with Gasteiger partial charge in [-0.15, -0.1) is 5.10 Å². The second kappa shape index (κ2) is 7.38. The number of aromatic nitrogens is 3. The van der Waals surface area contributed by atoms with E-state index in [9.17, 15) is 0 Å². The molecule has 0 aliphatic carbocycles. The van der Waals surface area contributed by atoms with Gasteiger partial charge in [-0.05, 0) is 24.1 Å². The summed E-state index contributed by atoms with van der Waals surface area (Å²) in [5.41, 5.74) is 1.19. The SMILES string of the molecule is Clc1cccc(CCNc2cnnc(N3CCOCC3)n2)c1. The molecule has 0 bridgehead atoms. The van der Waals surface area contributed by atoms with E-state index in [1.165, 1.54) is 5.56 Å². The van der Waals surface area contributed by atoms with Gasteiger partial charge in [0.15, 0.2) is 5.82 Å². The molecule has 0 saturated carbocycles. The third kappa shape index (κ3) is 4.05. The highest BCUT2D eigenvalue weighted by molar-refractivity contribution is 6.30. The molecular formula is C15H18ClN5O. The molecule has 1 aliphatic rings. The lowest BCUT2D eigenvalue weighted by Gasteiger charge is -2.26. The molecule has 1 saturated heterocycles. The molecule has 1 N–H and O–H groups in total. The molecule has 0 atom stereocenters. The number of halogens is 1. The Morgan fingerprint density at radius 1 is 1.27 bits per heavy atom. The van der Waals surface area contributed by atoms with Crippen LogP contribution in [0.5, 0.6) is 0 Å². The van der Waals surface area contributed by atoms with Gasteiger partial charge in [-0.3, -0.25) is 0 Å². The van der Waals surface area contributed by atoms with Crippen molar-refractivity contribution >= 4 is 23.4 Å². The maximum Gasteiger partial charge on any atom is 0.247 e. The van der Waals surface area contributed by atoms with Crippen LogP contribution in [0.2, 0.25) is 5.02 Å². The molecule has 6 nitrogen and oxygen atoms in total. The van der Waals surface area contributed by atoms with Gasteiger partial charge in [0.25, 0.3) is 0 Å². The first kappa shape index (κ1) is 15.0. The highest BCUT2D eigenvalue weighted by Gasteiger charge is 2.14. The molecule has 1 aromatic heterocycles. The number of anilines is 2. The van der Waals surface area contributed by atoms with E-state index in [0.29, 0.717) is 19.2 Å². The number of hydrogen-bond donors (Lipinski definition) is 1. The fourth-order valence-electron chi connectivity index (χ4n) is 2.30. The van der Waals surface area contributed by atoms with E-state index in [2.05, 4.69) is 31.5 Å².